The summed E-state index contributed by atoms with van der Waals surface area (Å²) < 4.78 is 0.746. The molecule has 0 radical (unpaired) electrons. The minimum atomic E-state index is 0.746. The van der Waals surface area contributed by atoms with Gasteiger partial charge in [-0.1, -0.05) is 0 Å². The van der Waals surface area contributed by atoms with Crippen molar-refractivity contribution in [3.8, 4) is 0 Å². The van der Waals surface area contributed by atoms with E-state index in [-0.39, 0.29) is 0 Å². The van der Waals surface area contributed by atoms with Crippen molar-refractivity contribution < 1.29 is 0 Å². The SMILES string of the molecule is C=CCNC(N)=[Te]. The van der Waals surface area contributed by atoms with Gasteiger partial charge < -0.3 is 0 Å². The number of nitrogens with one attached hydrogen (secondary N) is 1. The van der Waals surface area contributed by atoms with Crippen molar-refractivity contribution in [1.82, 2.24) is 5.32 Å². The van der Waals surface area contributed by atoms with Gasteiger partial charge in [0.1, 0.15) is 0 Å². The normalized spacial score (nSPS) is 7.43. The molecule has 0 saturated carbocycles. The van der Waals surface area contributed by atoms with Gasteiger partial charge in [0, 0.05) is 0 Å². The third-order valence-corrected chi connectivity index (χ3v) is 0.833. The van der Waals surface area contributed by atoms with Crippen LogP contribution >= 0.6 is 0 Å². The van der Waals surface area contributed by atoms with Crippen LogP contribution in [0.25, 0.3) is 0 Å². The Balaban J connectivity index is 2.97. The Bertz CT molecular complexity index is 79.8. The average Bonchev–Trinajstić information content (AvgIpc) is 1.61. The van der Waals surface area contributed by atoms with Gasteiger partial charge >= 0.3 is 55.9 Å². The fourth-order valence-corrected chi connectivity index (χ4v) is 0.411. The summed E-state index contributed by atoms with van der Waals surface area (Å²) in [6, 6.07) is 0. The van der Waals surface area contributed by atoms with Crippen LogP contribution in [0.15, 0.2) is 12.7 Å². The van der Waals surface area contributed by atoms with Crippen molar-refractivity contribution in [2.24, 2.45) is 5.73 Å². The second kappa shape index (κ2) is 4.17. The van der Waals surface area contributed by atoms with Crippen molar-refractivity contribution in [3.05, 3.63) is 12.7 Å². The molecule has 0 aromatic carbocycles. The molecule has 0 heterocycles. The summed E-state index contributed by atoms with van der Waals surface area (Å²) in [5.41, 5.74) is 5.24. The summed E-state index contributed by atoms with van der Waals surface area (Å²) in [5.74, 6) is 0. The molecule has 0 unspecified atom stereocenters. The van der Waals surface area contributed by atoms with E-state index in [0.29, 0.717) is 0 Å². The summed E-state index contributed by atoms with van der Waals surface area (Å²) in [7, 11) is 0. The van der Waals surface area contributed by atoms with Crippen LogP contribution in [0.3, 0.4) is 0 Å². The molecule has 3 N–H and O–H groups in total. The molecule has 0 bridgehead atoms. The van der Waals surface area contributed by atoms with E-state index < -0.39 is 0 Å². The fourth-order valence-electron chi connectivity index (χ4n) is 0.173. The second-order valence-electron chi connectivity index (χ2n) is 1.03. The molecule has 0 amide bonds. The monoisotopic (exact) mass is 214 g/mol. The van der Waals surface area contributed by atoms with Crippen LogP contribution in [0, 0.1) is 0 Å². The van der Waals surface area contributed by atoms with E-state index in [2.05, 4.69) is 11.9 Å². The standard InChI is InChI=1S/C4H8N2Te/c1-2-3-6-4(5)7/h2H,1,3H2,(H3,5,6,7). The molecule has 0 aliphatic carbocycles. The van der Waals surface area contributed by atoms with Crippen molar-refractivity contribution in [3.63, 3.8) is 0 Å². The Kier molecular flexibility index (Phi) is 4.17. The maximum atomic E-state index is 5.24. The number of hydrogen-bond donors (Lipinski definition) is 2. The first kappa shape index (κ1) is 7.00. The van der Waals surface area contributed by atoms with Crippen LogP contribution < -0.4 is 11.1 Å². The molecular weight excluding hydrogens is 204 g/mol. The van der Waals surface area contributed by atoms with Crippen molar-refractivity contribution in [2.75, 3.05) is 6.54 Å². The molecule has 0 saturated heterocycles. The molecule has 0 fully saturated rings. The van der Waals surface area contributed by atoms with Crippen LogP contribution in [0.2, 0.25) is 0 Å². The average molecular weight is 212 g/mol. The number of nitrogens with two attached hydrogens (primary N) is 1. The van der Waals surface area contributed by atoms with E-state index in [1.54, 1.807) is 27.9 Å². The summed E-state index contributed by atoms with van der Waals surface area (Å²) in [6.45, 7) is 4.26. The van der Waals surface area contributed by atoms with E-state index in [1.165, 1.54) is 0 Å². The predicted octanol–water partition coefficient (Wildman–Crippen LogP) is -1.02. The predicted molar refractivity (Wildman–Crippen MR) is 33.1 cm³/mol. The van der Waals surface area contributed by atoms with E-state index in [9.17, 15) is 0 Å². The molecule has 7 heavy (non-hydrogen) atoms. The molecule has 3 heteroatoms. The number of rotatable bonds is 3. The molecular formula is C4H8N2Te. The summed E-state index contributed by atoms with van der Waals surface area (Å²) in [4.78, 5) is 0. The van der Waals surface area contributed by atoms with Crippen LogP contribution in [0.4, 0.5) is 0 Å². The first-order valence-corrected chi connectivity index (χ1v) is 3.08. The zero-order valence-electron chi connectivity index (χ0n) is 3.98. The van der Waals surface area contributed by atoms with Crippen LogP contribution in [-0.4, -0.2) is 32.2 Å². The van der Waals surface area contributed by atoms with E-state index in [0.717, 1.165) is 10.3 Å². The van der Waals surface area contributed by atoms with E-state index in [1.807, 2.05) is 0 Å². The van der Waals surface area contributed by atoms with E-state index in [4.69, 9.17) is 5.73 Å². The van der Waals surface area contributed by atoms with Gasteiger partial charge in [0.05, 0.1) is 0 Å². The fraction of sp³-hybridized carbons (Fsp3) is 0.250. The minimum absolute atomic E-state index is 0.746. The first-order chi connectivity index (χ1) is 3.27. The van der Waals surface area contributed by atoms with Crippen molar-refractivity contribution >= 4 is 25.6 Å². The third kappa shape index (κ3) is 6.00. The molecule has 0 rings (SSSR count). The van der Waals surface area contributed by atoms with Gasteiger partial charge in [0.15, 0.2) is 0 Å². The quantitative estimate of drug-likeness (QED) is 0.463. The molecule has 0 aliphatic rings. The summed E-state index contributed by atoms with van der Waals surface area (Å²) >= 11 is 1.74. The van der Waals surface area contributed by atoms with Gasteiger partial charge in [-0.2, -0.15) is 0 Å². The molecule has 2 nitrogen and oxygen atoms in total. The third-order valence-electron chi connectivity index (χ3n) is 0.421. The van der Waals surface area contributed by atoms with Gasteiger partial charge in [-0.05, 0) is 0 Å². The maximum absolute atomic E-state index is 5.24. The van der Waals surface area contributed by atoms with Crippen LogP contribution in [0.5, 0.6) is 0 Å². The molecule has 0 atom stereocenters. The van der Waals surface area contributed by atoms with E-state index >= 15 is 0 Å². The Morgan fingerprint density at radius 3 is 2.71 bits per heavy atom. The summed E-state index contributed by atoms with van der Waals surface area (Å²) in [5, 5.41) is 2.88. The van der Waals surface area contributed by atoms with Crippen LogP contribution in [-0.2, 0) is 0 Å². The zero-order valence-corrected chi connectivity index (χ0v) is 6.31. The van der Waals surface area contributed by atoms with Gasteiger partial charge in [-0.15, -0.1) is 0 Å². The zero-order chi connectivity index (χ0) is 5.70. The molecule has 0 aliphatic heterocycles. The Hall–Kier alpha value is -0.000390. The number of hydrogen-bond acceptors (Lipinski definition) is 2. The van der Waals surface area contributed by atoms with Gasteiger partial charge in [-0.3, -0.25) is 0 Å². The van der Waals surface area contributed by atoms with Gasteiger partial charge in [-0.25, -0.2) is 0 Å². The van der Waals surface area contributed by atoms with Crippen LogP contribution in [0.1, 0.15) is 0 Å². The van der Waals surface area contributed by atoms with Gasteiger partial charge in [0.25, 0.3) is 0 Å². The second-order valence-corrected chi connectivity index (χ2v) is 2.29. The van der Waals surface area contributed by atoms with Gasteiger partial charge in [0.2, 0.25) is 0 Å². The molecule has 40 valence electrons. The Labute approximate surface area is 56.2 Å². The van der Waals surface area contributed by atoms with Crippen molar-refractivity contribution in [1.29, 1.82) is 0 Å². The Morgan fingerprint density at radius 2 is 2.57 bits per heavy atom. The van der Waals surface area contributed by atoms with Crippen molar-refractivity contribution in [2.45, 2.75) is 0 Å². The molecule has 0 aromatic rings. The molecule has 0 aromatic heterocycles. The summed E-state index contributed by atoms with van der Waals surface area (Å²) in [6.07, 6.45) is 1.76. The Morgan fingerprint density at radius 1 is 2.00 bits per heavy atom. The first-order valence-electron chi connectivity index (χ1n) is 1.91. The molecule has 0 spiro atoms. The topological polar surface area (TPSA) is 38.0 Å².